The fourth-order valence-corrected chi connectivity index (χ4v) is 1.11. The van der Waals surface area contributed by atoms with Crippen molar-refractivity contribution >= 4 is 11.8 Å². The van der Waals surface area contributed by atoms with Gasteiger partial charge in [-0.05, 0) is 13.0 Å². The normalized spacial score (nSPS) is 10.1. The van der Waals surface area contributed by atoms with Crippen molar-refractivity contribution < 1.29 is 27.9 Å². The van der Waals surface area contributed by atoms with Gasteiger partial charge in [0.15, 0.2) is 23.2 Å². The number of benzene rings is 1. The molecule has 0 saturated heterocycles. The Bertz CT molecular complexity index is 454. The summed E-state index contributed by atoms with van der Waals surface area (Å²) in [6.07, 6.45) is 0. The first-order valence-corrected chi connectivity index (χ1v) is 3.78. The lowest BCUT2D eigenvalue weighted by Crippen LogP contribution is -2.12. The Hall–Kier alpha value is -1.85. The lowest BCUT2D eigenvalue weighted by Gasteiger charge is -2.05. The maximum absolute atomic E-state index is 13.0. The van der Waals surface area contributed by atoms with Gasteiger partial charge in [-0.25, -0.2) is 18.0 Å². The molecule has 0 heterocycles. The van der Waals surface area contributed by atoms with Gasteiger partial charge in [-0.2, -0.15) is 0 Å². The highest BCUT2D eigenvalue weighted by Crippen LogP contribution is 2.20. The Morgan fingerprint density at radius 2 is 1.73 bits per heavy atom. The highest BCUT2D eigenvalue weighted by atomic mass is 19.2. The van der Waals surface area contributed by atoms with Crippen LogP contribution in [0.2, 0.25) is 0 Å². The first kappa shape index (κ1) is 11.2. The number of hydrogen-bond donors (Lipinski definition) is 1. The van der Waals surface area contributed by atoms with Gasteiger partial charge in [0.1, 0.15) is 0 Å². The number of carboxylic acids is 1. The zero-order valence-electron chi connectivity index (χ0n) is 7.47. The molecule has 0 unspecified atom stereocenters. The molecule has 0 aromatic heterocycles. The monoisotopic (exact) mass is 218 g/mol. The first-order chi connectivity index (χ1) is 6.86. The van der Waals surface area contributed by atoms with Crippen molar-refractivity contribution in [3.63, 3.8) is 0 Å². The van der Waals surface area contributed by atoms with Crippen molar-refractivity contribution in [2.24, 2.45) is 0 Å². The Morgan fingerprint density at radius 1 is 1.20 bits per heavy atom. The van der Waals surface area contributed by atoms with Crippen LogP contribution in [0.5, 0.6) is 0 Å². The van der Waals surface area contributed by atoms with E-state index in [1.165, 1.54) is 0 Å². The average Bonchev–Trinajstić information content (AvgIpc) is 2.12. The number of Topliss-reactive ketones (excluding diaryl/α,β-unsaturated/α-hetero) is 1. The van der Waals surface area contributed by atoms with Gasteiger partial charge in [0.05, 0.1) is 11.1 Å². The van der Waals surface area contributed by atoms with Gasteiger partial charge in [-0.1, -0.05) is 0 Å². The number of halogens is 3. The SMILES string of the molecule is CC(=O)c1c(C(=O)O)cc(F)c(F)c1F. The summed E-state index contributed by atoms with van der Waals surface area (Å²) in [6.45, 7) is 0.863. The Labute approximate surface area is 82.1 Å². The van der Waals surface area contributed by atoms with Gasteiger partial charge < -0.3 is 5.11 Å². The standard InChI is InChI=1S/C9H5F3O3/c1-3(13)6-4(9(14)15)2-5(10)7(11)8(6)12/h2H,1H3,(H,14,15). The van der Waals surface area contributed by atoms with Crippen LogP contribution in [0.25, 0.3) is 0 Å². The molecule has 3 nitrogen and oxygen atoms in total. The molecular formula is C9H5F3O3. The summed E-state index contributed by atoms with van der Waals surface area (Å²) in [4.78, 5) is 21.4. The van der Waals surface area contributed by atoms with Crippen LogP contribution in [0.15, 0.2) is 6.07 Å². The molecule has 1 aromatic rings. The molecule has 0 saturated carbocycles. The minimum Gasteiger partial charge on any atom is -0.478 e. The van der Waals surface area contributed by atoms with Crippen molar-refractivity contribution in [1.82, 2.24) is 0 Å². The topological polar surface area (TPSA) is 54.4 Å². The fraction of sp³-hybridized carbons (Fsp3) is 0.111. The molecule has 1 rings (SSSR count). The Kier molecular flexibility index (Phi) is 2.78. The number of carboxylic acid groups (broad SMARTS) is 1. The number of hydrogen-bond acceptors (Lipinski definition) is 2. The van der Waals surface area contributed by atoms with Crippen LogP contribution in [-0.4, -0.2) is 16.9 Å². The molecule has 0 aliphatic carbocycles. The van der Waals surface area contributed by atoms with Crippen LogP contribution in [0, 0.1) is 17.5 Å². The molecule has 6 heteroatoms. The van der Waals surface area contributed by atoms with E-state index >= 15 is 0 Å². The van der Waals surface area contributed by atoms with Crippen LogP contribution in [0.1, 0.15) is 27.6 Å². The summed E-state index contributed by atoms with van der Waals surface area (Å²) < 4.78 is 38.4. The van der Waals surface area contributed by atoms with E-state index in [0.717, 1.165) is 6.92 Å². The molecule has 1 aromatic carbocycles. The molecule has 0 fully saturated rings. The molecule has 0 radical (unpaired) electrons. The van der Waals surface area contributed by atoms with Crippen molar-refractivity contribution in [3.8, 4) is 0 Å². The molecule has 0 amide bonds. The van der Waals surface area contributed by atoms with Crippen LogP contribution in [0.4, 0.5) is 13.2 Å². The van der Waals surface area contributed by atoms with E-state index in [2.05, 4.69) is 0 Å². The number of aromatic carboxylic acids is 1. The summed E-state index contributed by atoms with van der Waals surface area (Å²) >= 11 is 0. The molecule has 15 heavy (non-hydrogen) atoms. The maximum Gasteiger partial charge on any atom is 0.336 e. The average molecular weight is 218 g/mol. The molecular weight excluding hydrogens is 213 g/mol. The third-order valence-electron chi connectivity index (χ3n) is 1.74. The molecule has 0 atom stereocenters. The summed E-state index contributed by atoms with van der Waals surface area (Å²) in [5.41, 5.74) is -1.85. The number of carbonyl (C=O) groups is 2. The van der Waals surface area contributed by atoms with Crippen molar-refractivity contribution in [1.29, 1.82) is 0 Å². The van der Waals surface area contributed by atoms with Gasteiger partial charge in [0.25, 0.3) is 0 Å². The predicted molar refractivity (Wildman–Crippen MR) is 43.3 cm³/mol. The fourth-order valence-electron chi connectivity index (χ4n) is 1.11. The summed E-state index contributed by atoms with van der Waals surface area (Å²) in [6, 6.07) is 0.275. The lowest BCUT2D eigenvalue weighted by atomic mass is 10.0. The molecule has 0 aliphatic heterocycles. The molecule has 0 aliphatic rings. The highest BCUT2D eigenvalue weighted by molar-refractivity contribution is 6.04. The molecule has 0 bridgehead atoms. The second kappa shape index (κ2) is 3.72. The minimum atomic E-state index is -1.86. The predicted octanol–water partition coefficient (Wildman–Crippen LogP) is 2.00. The summed E-state index contributed by atoms with van der Waals surface area (Å²) in [7, 11) is 0. The van der Waals surface area contributed by atoms with E-state index in [0.29, 0.717) is 0 Å². The van der Waals surface area contributed by atoms with Gasteiger partial charge in [0.2, 0.25) is 0 Å². The Balaban J connectivity index is 3.65. The molecule has 80 valence electrons. The van der Waals surface area contributed by atoms with E-state index < -0.39 is 40.3 Å². The summed E-state index contributed by atoms with van der Waals surface area (Å²) in [5, 5.41) is 8.55. The van der Waals surface area contributed by atoms with E-state index in [1.54, 1.807) is 0 Å². The number of carbonyl (C=O) groups excluding carboxylic acids is 1. The molecule has 0 spiro atoms. The second-order valence-corrected chi connectivity index (χ2v) is 2.77. The maximum atomic E-state index is 13.0. The zero-order chi connectivity index (χ0) is 11.7. The van der Waals surface area contributed by atoms with Crippen molar-refractivity contribution in [3.05, 3.63) is 34.6 Å². The van der Waals surface area contributed by atoms with Gasteiger partial charge in [-0.3, -0.25) is 4.79 Å². The van der Waals surface area contributed by atoms with E-state index in [-0.39, 0.29) is 6.07 Å². The van der Waals surface area contributed by atoms with Crippen molar-refractivity contribution in [2.45, 2.75) is 6.92 Å². The zero-order valence-corrected chi connectivity index (χ0v) is 7.47. The quantitative estimate of drug-likeness (QED) is 0.610. The molecule has 1 N–H and O–H groups in total. The van der Waals surface area contributed by atoms with Crippen LogP contribution < -0.4 is 0 Å². The number of rotatable bonds is 2. The minimum absolute atomic E-state index is 0.275. The van der Waals surface area contributed by atoms with Crippen molar-refractivity contribution in [2.75, 3.05) is 0 Å². The largest absolute Gasteiger partial charge is 0.478 e. The van der Waals surface area contributed by atoms with Crippen LogP contribution >= 0.6 is 0 Å². The van der Waals surface area contributed by atoms with Crippen LogP contribution in [0.3, 0.4) is 0 Å². The second-order valence-electron chi connectivity index (χ2n) is 2.77. The van der Waals surface area contributed by atoms with Gasteiger partial charge >= 0.3 is 5.97 Å². The first-order valence-electron chi connectivity index (χ1n) is 3.78. The smallest absolute Gasteiger partial charge is 0.336 e. The highest BCUT2D eigenvalue weighted by Gasteiger charge is 2.24. The van der Waals surface area contributed by atoms with Gasteiger partial charge in [0, 0.05) is 0 Å². The van der Waals surface area contributed by atoms with E-state index in [1.807, 2.05) is 0 Å². The number of ketones is 1. The third-order valence-corrected chi connectivity index (χ3v) is 1.74. The third kappa shape index (κ3) is 1.83. The van der Waals surface area contributed by atoms with E-state index in [9.17, 15) is 22.8 Å². The summed E-state index contributed by atoms with van der Waals surface area (Å²) in [5.74, 6) is -7.96. The van der Waals surface area contributed by atoms with Crippen LogP contribution in [-0.2, 0) is 0 Å². The van der Waals surface area contributed by atoms with E-state index in [4.69, 9.17) is 5.11 Å². The lowest BCUT2D eigenvalue weighted by molar-refractivity contribution is 0.0690. The Morgan fingerprint density at radius 3 is 2.13 bits per heavy atom. The van der Waals surface area contributed by atoms with Gasteiger partial charge in [-0.15, -0.1) is 0 Å².